The summed E-state index contributed by atoms with van der Waals surface area (Å²) in [7, 11) is 0. The monoisotopic (exact) mass is 719 g/mol. The topological polar surface area (TPSA) is 14.2 Å². The number of hydrogen-bond acceptors (Lipinski definition) is 1. The smallest absolute Gasteiger partial charge is 0.140 e. The maximum atomic E-state index is 7.20. The molecule has 2 nitrogen and oxygen atoms in total. The predicted molar refractivity (Wildman–Crippen MR) is 231 cm³/mol. The van der Waals surface area contributed by atoms with Gasteiger partial charge in [-0.3, -0.25) is 0 Å². The minimum atomic E-state index is -0.487. The third-order valence-corrected chi connectivity index (χ3v) is 12.6. The molecule has 0 bridgehead atoms. The molecule has 1 atom stereocenters. The van der Waals surface area contributed by atoms with Gasteiger partial charge in [0.2, 0.25) is 0 Å². The fourth-order valence-corrected chi connectivity index (χ4v) is 10.2. The average Bonchev–Trinajstić information content (AvgIpc) is 3.73. The number of nitrogens with zero attached hydrogens (tertiary/aromatic N) is 1. The Morgan fingerprint density at radius 3 is 2.05 bits per heavy atom. The SMILES string of the molecule is CC1(C)c2cc(-c3c(-c4ccccc4)c4ccccc4n3-c3ccccc3)ccc2-c2c1ccc1c2Oc2ccccc2C1(C1=CC=CCC1)c1ccccc1. The minimum Gasteiger partial charge on any atom is -0.456 e. The highest BCUT2D eigenvalue weighted by Gasteiger charge is 2.49. The van der Waals surface area contributed by atoms with Crippen molar-refractivity contribution in [2.75, 3.05) is 0 Å². The molecular weight excluding hydrogens is 679 g/mol. The van der Waals surface area contributed by atoms with Crippen LogP contribution in [0.5, 0.6) is 11.5 Å². The molecule has 0 saturated heterocycles. The number of benzene rings is 7. The number of para-hydroxylation sites is 3. The number of hydrogen-bond donors (Lipinski definition) is 0. The van der Waals surface area contributed by atoms with Gasteiger partial charge in [-0.15, -0.1) is 0 Å². The average molecular weight is 720 g/mol. The van der Waals surface area contributed by atoms with Crippen molar-refractivity contribution in [1.82, 2.24) is 4.57 Å². The standard InChI is InChI=1S/C54H41NO/c1-53(2)44-33-34-45-52(56-48-30-18-16-28-43(48)54(45,38-21-9-4-10-22-38)39-23-11-5-12-24-39)50(44)41-32-31-37(35-46(41)53)51-49(36-19-7-3-8-20-36)42-27-15-17-29-47(42)55(51)40-25-13-6-14-26-40/h3-11,13-23,25-35H,12,24H2,1-2H3. The van der Waals surface area contributed by atoms with Crippen LogP contribution in [0.25, 0.3) is 50.1 Å². The van der Waals surface area contributed by atoms with Crippen LogP contribution in [0.1, 0.15) is 54.5 Å². The molecule has 56 heavy (non-hydrogen) atoms. The third-order valence-electron chi connectivity index (χ3n) is 12.6. The van der Waals surface area contributed by atoms with Crippen molar-refractivity contribution in [3.8, 4) is 50.7 Å². The van der Waals surface area contributed by atoms with Crippen molar-refractivity contribution in [1.29, 1.82) is 0 Å². The van der Waals surface area contributed by atoms with Gasteiger partial charge in [0.15, 0.2) is 0 Å². The fraction of sp³-hybridized carbons (Fsp3) is 0.111. The fourth-order valence-electron chi connectivity index (χ4n) is 10.2. The van der Waals surface area contributed by atoms with Crippen molar-refractivity contribution in [3.05, 3.63) is 221 Å². The van der Waals surface area contributed by atoms with E-state index >= 15 is 0 Å². The Hall–Kier alpha value is -6.64. The van der Waals surface area contributed by atoms with Crippen LogP contribution in [0.15, 0.2) is 194 Å². The van der Waals surface area contributed by atoms with Crippen LogP contribution in [0.2, 0.25) is 0 Å². The molecule has 2 aliphatic carbocycles. The first kappa shape index (κ1) is 32.8. The largest absolute Gasteiger partial charge is 0.456 e. The first-order valence-corrected chi connectivity index (χ1v) is 19.8. The van der Waals surface area contributed by atoms with Gasteiger partial charge < -0.3 is 9.30 Å². The molecule has 2 heteroatoms. The zero-order valence-corrected chi connectivity index (χ0v) is 31.7. The Morgan fingerprint density at radius 2 is 1.27 bits per heavy atom. The number of aromatic nitrogens is 1. The van der Waals surface area contributed by atoms with E-state index in [2.05, 4.69) is 207 Å². The lowest BCUT2D eigenvalue weighted by molar-refractivity contribution is 0.430. The van der Waals surface area contributed by atoms with Gasteiger partial charge in [-0.05, 0) is 76.6 Å². The lowest BCUT2D eigenvalue weighted by Gasteiger charge is -2.44. The van der Waals surface area contributed by atoms with E-state index in [1.165, 1.54) is 77.8 Å². The van der Waals surface area contributed by atoms with Gasteiger partial charge >= 0.3 is 0 Å². The first-order chi connectivity index (χ1) is 27.6. The van der Waals surface area contributed by atoms with Gasteiger partial charge in [0.05, 0.1) is 16.6 Å². The van der Waals surface area contributed by atoms with Gasteiger partial charge in [0.1, 0.15) is 11.5 Å². The van der Waals surface area contributed by atoms with Crippen molar-refractivity contribution in [2.45, 2.75) is 37.5 Å². The van der Waals surface area contributed by atoms with Gasteiger partial charge in [0.25, 0.3) is 0 Å². The lowest BCUT2D eigenvalue weighted by atomic mass is 9.61. The van der Waals surface area contributed by atoms with Crippen molar-refractivity contribution in [2.24, 2.45) is 0 Å². The van der Waals surface area contributed by atoms with E-state index in [4.69, 9.17) is 4.74 Å². The second-order valence-electron chi connectivity index (χ2n) is 15.9. The maximum Gasteiger partial charge on any atom is 0.140 e. The van der Waals surface area contributed by atoms with Crippen molar-refractivity contribution < 1.29 is 4.74 Å². The van der Waals surface area contributed by atoms with E-state index in [1.54, 1.807) is 0 Å². The maximum absolute atomic E-state index is 7.20. The van der Waals surface area contributed by atoms with E-state index in [0.29, 0.717) is 0 Å². The molecule has 1 aliphatic heterocycles. The van der Waals surface area contributed by atoms with E-state index in [-0.39, 0.29) is 5.41 Å². The third kappa shape index (κ3) is 4.56. The summed E-state index contributed by atoms with van der Waals surface area (Å²) in [6, 6.07) is 62.3. The minimum absolute atomic E-state index is 0.269. The molecule has 0 N–H and O–H groups in total. The highest BCUT2D eigenvalue weighted by Crippen LogP contribution is 2.62. The summed E-state index contributed by atoms with van der Waals surface area (Å²) >= 11 is 0. The molecule has 7 aromatic carbocycles. The highest BCUT2D eigenvalue weighted by atomic mass is 16.5. The Labute approximate surface area is 328 Å². The van der Waals surface area contributed by atoms with Gasteiger partial charge in [-0.1, -0.05) is 177 Å². The molecule has 0 amide bonds. The quantitative estimate of drug-likeness (QED) is 0.173. The van der Waals surface area contributed by atoms with Crippen molar-refractivity contribution >= 4 is 10.9 Å². The van der Waals surface area contributed by atoms with Crippen molar-refractivity contribution in [3.63, 3.8) is 0 Å². The molecule has 3 aliphatic rings. The first-order valence-electron chi connectivity index (χ1n) is 19.8. The zero-order chi connectivity index (χ0) is 37.4. The van der Waals surface area contributed by atoms with E-state index in [1.807, 2.05) is 0 Å². The predicted octanol–water partition coefficient (Wildman–Crippen LogP) is 14.0. The van der Waals surface area contributed by atoms with Crippen LogP contribution in [0.3, 0.4) is 0 Å². The van der Waals surface area contributed by atoms with Crippen LogP contribution in [-0.2, 0) is 10.8 Å². The summed E-state index contributed by atoms with van der Waals surface area (Å²) < 4.78 is 9.65. The Kier molecular flexibility index (Phi) is 7.28. The summed E-state index contributed by atoms with van der Waals surface area (Å²) in [5, 5.41) is 1.24. The summed E-state index contributed by atoms with van der Waals surface area (Å²) in [5.41, 5.74) is 16.6. The molecule has 268 valence electrons. The van der Waals surface area contributed by atoms with Gasteiger partial charge in [-0.25, -0.2) is 0 Å². The molecule has 11 rings (SSSR count). The molecule has 2 heterocycles. The molecule has 0 spiro atoms. The van der Waals surface area contributed by atoms with Crippen LogP contribution < -0.4 is 4.74 Å². The van der Waals surface area contributed by atoms with Crippen LogP contribution >= 0.6 is 0 Å². The van der Waals surface area contributed by atoms with Crippen LogP contribution in [-0.4, -0.2) is 4.57 Å². The molecular formula is C54H41NO. The van der Waals surface area contributed by atoms with E-state index in [9.17, 15) is 0 Å². The van der Waals surface area contributed by atoms with Gasteiger partial charge in [-0.2, -0.15) is 0 Å². The van der Waals surface area contributed by atoms with E-state index < -0.39 is 5.41 Å². The molecule has 8 aromatic rings. The molecule has 0 radical (unpaired) electrons. The second kappa shape index (κ2) is 12.4. The van der Waals surface area contributed by atoms with E-state index in [0.717, 1.165) is 30.0 Å². The summed E-state index contributed by atoms with van der Waals surface area (Å²) in [5.74, 6) is 1.90. The van der Waals surface area contributed by atoms with Crippen LogP contribution in [0, 0.1) is 0 Å². The number of ether oxygens (including phenoxy) is 1. The summed E-state index contributed by atoms with van der Waals surface area (Å²) in [6.45, 7) is 4.77. The molecule has 0 saturated carbocycles. The molecule has 0 fully saturated rings. The lowest BCUT2D eigenvalue weighted by Crippen LogP contribution is -2.35. The second-order valence-corrected chi connectivity index (χ2v) is 15.9. The number of fused-ring (bicyclic) bond motifs is 7. The summed E-state index contributed by atoms with van der Waals surface area (Å²) in [6.07, 6.45) is 8.89. The van der Waals surface area contributed by atoms with Gasteiger partial charge in [0, 0.05) is 38.7 Å². The Balaban J connectivity index is 1.19. The number of allylic oxidation sites excluding steroid dienone is 4. The number of rotatable bonds is 5. The highest BCUT2D eigenvalue weighted by molar-refractivity contribution is 6.06. The zero-order valence-electron chi connectivity index (χ0n) is 31.7. The van der Waals surface area contributed by atoms with Crippen LogP contribution in [0.4, 0.5) is 0 Å². The Morgan fingerprint density at radius 1 is 0.571 bits per heavy atom. The molecule has 1 aromatic heterocycles. The Bertz CT molecular complexity index is 2820. The summed E-state index contributed by atoms with van der Waals surface area (Å²) in [4.78, 5) is 0. The normalized spacial score (nSPS) is 17.4. The molecule has 1 unspecified atom stereocenters.